The summed E-state index contributed by atoms with van der Waals surface area (Å²) in [5.41, 5.74) is 12.1. The van der Waals surface area contributed by atoms with Crippen LogP contribution in [-0.4, -0.2) is 33.0 Å². The predicted molar refractivity (Wildman–Crippen MR) is 55.9 cm³/mol. The zero-order valence-corrected chi connectivity index (χ0v) is 8.38. The SMILES string of the molecule is Cc1nc(N)c(N)cc1C(O)C(O)CO. The van der Waals surface area contributed by atoms with Crippen LogP contribution in [0.1, 0.15) is 17.4 Å². The number of nitrogen functional groups attached to an aromatic ring is 2. The van der Waals surface area contributed by atoms with Gasteiger partial charge in [-0.3, -0.25) is 0 Å². The van der Waals surface area contributed by atoms with E-state index >= 15 is 0 Å². The summed E-state index contributed by atoms with van der Waals surface area (Å²) in [7, 11) is 0. The Morgan fingerprint density at radius 1 is 1.40 bits per heavy atom. The predicted octanol–water partition coefficient (Wildman–Crippen LogP) is -1.06. The maximum Gasteiger partial charge on any atom is 0.146 e. The molecule has 6 heteroatoms. The zero-order chi connectivity index (χ0) is 11.6. The first kappa shape index (κ1) is 11.7. The Morgan fingerprint density at radius 3 is 2.53 bits per heavy atom. The van der Waals surface area contributed by atoms with Crippen molar-refractivity contribution in [1.82, 2.24) is 4.98 Å². The van der Waals surface area contributed by atoms with Crippen molar-refractivity contribution in [2.24, 2.45) is 0 Å². The van der Waals surface area contributed by atoms with Crippen LogP contribution < -0.4 is 11.5 Å². The smallest absolute Gasteiger partial charge is 0.146 e. The van der Waals surface area contributed by atoms with Crippen LogP contribution >= 0.6 is 0 Å². The summed E-state index contributed by atoms with van der Waals surface area (Å²) in [4.78, 5) is 3.91. The molecular weight excluding hydrogens is 198 g/mol. The summed E-state index contributed by atoms with van der Waals surface area (Å²) < 4.78 is 0. The number of aliphatic hydroxyl groups is 3. The molecule has 0 aromatic carbocycles. The van der Waals surface area contributed by atoms with Crippen molar-refractivity contribution in [3.8, 4) is 0 Å². The van der Waals surface area contributed by atoms with Gasteiger partial charge in [-0.25, -0.2) is 4.98 Å². The highest BCUT2D eigenvalue weighted by molar-refractivity contribution is 5.60. The normalized spacial score (nSPS) is 14.9. The van der Waals surface area contributed by atoms with Gasteiger partial charge in [0.25, 0.3) is 0 Å². The molecule has 0 aliphatic heterocycles. The molecule has 0 bridgehead atoms. The van der Waals surface area contributed by atoms with Crippen LogP contribution in [0, 0.1) is 6.92 Å². The fourth-order valence-corrected chi connectivity index (χ4v) is 1.26. The van der Waals surface area contributed by atoms with E-state index in [2.05, 4.69) is 4.98 Å². The summed E-state index contributed by atoms with van der Waals surface area (Å²) in [6.07, 6.45) is -2.47. The molecule has 6 nitrogen and oxygen atoms in total. The van der Waals surface area contributed by atoms with Gasteiger partial charge in [0.2, 0.25) is 0 Å². The van der Waals surface area contributed by atoms with E-state index < -0.39 is 18.8 Å². The average Bonchev–Trinajstić information content (AvgIpc) is 2.21. The van der Waals surface area contributed by atoms with Gasteiger partial charge in [0, 0.05) is 11.3 Å². The fraction of sp³-hybridized carbons (Fsp3) is 0.444. The molecular formula is C9H15N3O3. The van der Waals surface area contributed by atoms with Gasteiger partial charge in [-0.15, -0.1) is 0 Å². The van der Waals surface area contributed by atoms with Gasteiger partial charge in [-0.1, -0.05) is 0 Å². The largest absolute Gasteiger partial charge is 0.396 e. The van der Waals surface area contributed by atoms with Gasteiger partial charge in [0.05, 0.1) is 12.3 Å². The van der Waals surface area contributed by atoms with Crippen molar-refractivity contribution in [3.63, 3.8) is 0 Å². The monoisotopic (exact) mass is 213 g/mol. The summed E-state index contributed by atoms with van der Waals surface area (Å²) >= 11 is 0. The lowest BCUT2D eigenvalue weighted by Gasteiger charge is -2.18. The first-order valence-electron chi connectivity index (χ1n) is 4.46. The van der Waals surface area contributed by atoms with Crippen molar-refractivity contribution in [2.45, 2.75) is 19.1 Å². The van der Waals surface area contributed by atoms with Crippen LogP contribution in [0.2, 0.25) is 0 Å². The molecule has 1 aromatic heterocycles. The highest BCUT2D eigenvalue weighted by atomic mass is 16.4. The molecule has 1 heterocycles. The molecule has 2 atom stereocenters. The highest BCUT2D eigenvalue weighted by Gasteiger charge is 2.20. The van der Waals surface area contributed by atoms with E-state index in [-0.39, 0.29) is 11.5 Å². The van der Waals surface area contributed by atoms with Gasteiger partial charge >= 0.3 is 0 Å². The lowest BCUT2D eigenvalue weighted by molar-refractivity contribution is -0.0156. The second-order valence-electron chi connectivity index (χ2n) is 3.33. The van der Waals surface area contributed by atoms with Crippen molar-refractivity contribution < 1.29 is 15.3 Å². The molecule has 1 aromatic rings. The van der Waals surface area contributed by atoms with Gasteiger partial charge in [-0.2, -0.15) is 0 Å². The lowest BCUT2D eigenvalue weighted by Crippen LogP contribution is -2.23. The van der Waals surface area contributed by atoms with Crippen LogP contribution in [0.3, 0.4) is 0 Å². The average molecular weight is 213 g/mol. The number of anilines is 2. The minimum absolute atomic E-state index is 0.182. The van der Waals surface area contributed by atoms with Gasteiger partial charge in [-0.05, 0) is 13.0 Å². The Hall–Kier alpha value is -1.37. The lowest BCUT2D eigenvalue weighted by atomic mass is 10.0. The molecule has 15 heavy (non-hydrogen) atoms. The van der Waals surface area contributed by atoms with Crippen LogP contribution in [-0.2, 0) is 0 Å². The van der Waals surface area contributed by atoms with Crippen molar-refractivity contribution in [1.29, 1.82) is 0 Å². The maximum atomic E-state index is 9.64. The first-order chi connectivity index (χ1) is 6.97. The quantitative estimate of drug-likeness (QED) is 0.436. The summed E-state index contributed by atoms with van der Waals surface area (Å²) in [5, 5.41) is 27.6. The number of hydrogen-bond acceptors (Lipinski definition) is 6. The van der Waals surface area contributed by atoms with E-state index in [1.54, 1.807) is 6.92 Å². The Balaban J connectivity index is 3.09. The van der Waals surface area contributed by atoms with E-state index in [4.69, 9.17) is 16.6 Å². The molecule has 0 saturated heterocycles. The molecule has 0 radical (unpaired) electrons. The number of aliphatic hydroxyl groups excluding tert-OH is 3. The van der Waals surface area contributed by atoms with Crippen molar-refractivity contribution >= 4 is 11.5 Å². The molecule has 0 aliphatic rings. The minimum atomic E-state index is -1.26. The number of rotatable bonds is 3. The van der Waals surface area contributed by atoms with Crippen LogP contribution in [0.15, 0.2) is 6.07 Å². The molecule has 84 valence electrons. The Morgan fingerprint density at radius 2 is 2.00 bits per heavy atom. The van der Waals surface area contributed by atoms with Gasteiger partial charge < -0.3 is 26.8 Å². The Labute approximate surface area is 87.2 Å². The van der Waals surface area contributed by atoms with Crippen molar-refractivity contribution in [3.05, 3.63) is 17.3 Å². The molecule has 0 aliphatic carbocycles. The number of hydrogen-bond donors (Lipinski definition) is 5. The summed E-state index contributed by atoms with van der Waals surface area (Å²) in [6.45, 7) is 1.10. The zero-order valence-electron chi connectivity index (χ0n) is 8.38. The molecule has 0 amide bonds. The summed E-state index contributed by atoms with van der Waals surface area (Å²) in [6, 6.07) is 1.45. The Kier molecular flexibility index (Phi) is 3.46. The molecule has 1 rings (SSSR count). The second kappa shape index (κ2) is 4.43. The van der Waals surface area contributed by atoms with E-state index in [9.17, 15) is 10.2 Å². The molecule has 0 fully saturated rings. The minimum Gasteiger partial charge on any atom is -0.396 e. The van der Waals surface area contributed by atoms with Crippen molar-refractivity contribution in [2.75, 3.05) is 18.1 Å². The Bertz CT molecular complexity index is 357. The molecule has 0 spiro atoms. The third-order valence-corrected chi connectivity index (χ3v) is 2.18. The standard InChI is InChI=1S/C9H15N3O3/c1-4-5(8(15)7(14)3-13)2-6(10)9(11)12-4/h2,7-8,13-15H,3,10H2,1H3,(H2,11,12). The van der Waals surface area contributed by atoms with Gasteiger partial charge in [0.15, 0.2) is 0 Å². The summed E-state index contributed by atoms with van der Waals surface area (Å²) in [5.74, 6) is 0.182. The van der Waals surface area contributed by atoms with Crippen LogP contribution in [0.4, 0.5) is 11.5 Å². The molecule has 7 N–H and O–H groups in total. The fourth-order valence-electron chi connectivity index (χ4n) is 1.26. The van der Waals surface area contributed by atoms with E-state index in [1.807, 2.05) is 0 Å². The number of pyridine rings is 1. The topological polar surface area (TPSA) is 126 Å². The molecule has 0 saturated carbocycles. The first-order valence-corrected chi connectivity index (χ1v) is 4.46. The number of aryl methyl sites for hydroxylation is 1. The number of nitrogens with zero attached hydrogens (tertiary/aromatic N) is 1. The number of nitrogens with two attached hydrogens (primary N) is 2. The molecule has 2 unspecified atom stereocenters. The third kappa shape index (κ3) is 2.35. The second-order valence-corrected chi connectivity index (χ2v) is 3.33. The number of aromatic nitrogens is 1. The van der Waals surface area contributed by atoms with E-state index in [0.29, 0.717) is 11.3 Å². The highest BCUT2D eigenvalue weighted by Crippen LogP contribution is 2.24. The van der Waals surface area contributed by atoms with Crippen LogP contribution in [0.5, 0.6) is 0 Å². The van der Waals surface area contributed by atoms with Crippen LogP contribution in [0.25, 0.3) is 0 Å². The van der Waals surface area contributed by atoms with E-state index in [1.165, 1.54) is 6.07 Å². The van der Waals surface area contributed by atoms with Gasteiger partial charge in [0.1, 0.15) is 18.0 Å². The van der Waals surface area contributed by atoms with E-state index in [0.717, 1.165) is 0 Å². The maximum absolute atomic E-state index is 9.64. The third-order valence-electron chi connectivity index (χ3n) is 2.18.